The van der Waals surface area contributed by atoms with E-state index in [-0.39, 0.29) is 6.42 Å². The fourth-order valence-corrected chi connectivity index (χ4v) is 4.59. The maximum atomic E-state index is 13.4. The SMILES string of the molecule is CSCC[C@H](NC(=O)[C@@H](N)Cc1ccccc1)C(=O)N[C@@H](CCCCN)C(=O)N[C@@H](Cc1ccccc1)C(N)=O. The van der Waals surface area contributed by atoms with E-state index < -0.39 is 47.8 Å². The van der Waals surface area contributed by atoms with Gasteiger partial charge in [0.05, 0.1) is 6.04 Å². The highest BCUT2D eigenvalue weighted by Crippen LogP contribution is 2.09. The Labute approximate surface area is 240 Å². The first-order valence-corrected chi connectivity index (χ1v) is 14.9. The van der Waals surface area contributed by atoms with Gasteiger partial charge in [0.1, 0.15) is 18.1 Å². The first kappa shape index (κ1) is 32.8. The van der Waals surface area contributed by atoms with Gasteiger partial charge in [-0.25, -0.2) is 0 Å². The molecule has 2 aromatic rings. The smallest absolute Gasteiger partial charge is 0.243 e. The number of nitrogens with two attached hydrogens (primary N) is 3. The van der Waals surface area contributed by atoms with Crippen molar-refractivity contribution in [2.45, 2.75) is 62.7 Å². The van der Waals surface area contributed by atoms with Gasteiger partial charge in [-0.15, -0.1) is 0 Å². The van der Waals surface area contributed by atoms with Crippen LogP contribution >= 0.6 is 11.8 Å². The normalized spacial score (nSPS) is 13.9. The average Bonchev–Trinajstić information content (AvgIpc) is 2.95. The molecule has 0 aliphatic rings. The van der Waals surface area contributed by atoms with Crippen LogP contribution in [0.1, 0.15) is 36.8 Å². The third-order valence-corrected chi connectivity index (χ3v) is 7.05. The molecule has 0 aromatic heterocycles. The summed E-state index contributed by atoms with van der Waals surface area (Å²) < 4.78 is 0. The topological polar surface area (TPSA) is 182 Å². The molecule has 0 spiro atoms. The summed E-state index contributed by atoms with van der Waals surface area (Å²) in [5.41, 5.74) is 19.1. The maximum Gasteiger partial charge on any atom is 0.243 e. The largest absolute Gasteiger partial charge is 0.368 e. The number of primary amides is 1. The Hall–Kier alpha value is -3.41. The van der Waals surface area contributed by atoms with Crippen LogP contribution in [0.2, 0.25) is 0 Å². The number of unbranched alkanes of at least 4 members (excludes halogenated alkanes) is 1. The Bertz CT molecular complexity index is 1070. The minimum Gasteiger partial charge on any atom is -0.368 e. The summed E-state index contributed by atoms with van der Waals surface area (Å²) in [4.78, 5) is 51.6. The number of carbonyl (C=O) groups excluding carboxylic acids is 4. The van der Waals surface area contributed by atoms with E-state index in [2.05, 4.69) is 16.0 Å². The molecule has 2 aromatic carbocycles. The fourth-order valence-electron chi connectivity index (χ4n) is 4.12. The molecule has 4 amide bonds. The van der Waals surface area contributed by atoms with E-state index >= 15 is 0 Å². The molecule has 0 bridgehead atoms. The Morgan fingerprint density at radius 2 is 1.23 bits per heavy atom. The highest BCUT2D eigenvalue weighted by Gasteiger charge is 2.29. The van der Waals surface area contributed by atoms with Crippen LogP contribution in [0.15, 0.2) is 60.7 Å². The monoisotopic (exact) mass is 570 g/mol. The summed E-state index contributed by atoms with van der Waals surface area (Å²) in [6, 6.07) is 15.0. The zero-order valence-electron chi connectivity index (χ0n) is 23.0. The number of benzene rings is 2. The summed E-state index contributed by atoms with van der Waals surface area (Å²) in [5.74, 6) is -1.55. The molecule has 4 atom stereocenters. The molecule has 2 rings (SSSR count). The highest BCUT2D eigenvalue weighted by molar-refractivity contribution is 7.98. The predicted molar refractivity (Wildman–Crippen MR) is 159 cm³/mol. The molecule has 0 heterocycles. The number of rotatable bonds is 18. The van der Waals surface area contributed by atoms with E-state index in [0.29, 0.717) is 44.4 Å². The molecule has 0 fully saturated rings. The van der Waals surface area contributed by atoms with Gasteiger partial charge in [0, 0.05) is 6.42 Å². The summed E-state index contributed by atoms with van der Waals surface area (Å²) in [7, 11) is 0. The van der Waals surface area contributed by atoms with Gasteiger partial charge < -0.3 is 33.2 Å². The van der Waals surface area contributed by atoms with Crippen molar-refractivity contribution in [1.29, 1.82) is 0 Å². The zero-order chi connectivity index (χ0) is 29.3. The first-order valence-electron chi connectivity index (χ1n) is 13.5. The Balaban J connectivity index is 2.11. The number of carbonyl (C=O) groups is 4. The van der Waals surface area contributed by atoms with Crippen LogP contribution in [0.4, 0.5) is 0 Å². The predicted octanol–water partition coefficient (Wildman–Crippen LogP) is 0.621. The number of hydrogen-bond acceptors (Lipinski definition) is 7. The number of thioether (sulfide) groups is 1. The van der Waals surface area contributed by atoms with Crippen molar-refractivity contribution in [2.75, 3.05) is 18.6 Å². The van der Waals surface area contributed by atoms with Crippen molar-refractivity contribution in [3.05, 3.63) is 71.8 Å². The minimum absolute atomic E-state index is 0.219. The van der Waals surface area contributed by atoms with E-state index in [9.17, 15) is 19.2 Å². The summed E-state index contributed by atoms with van der Waals surface area (Å²) in [5, 5.41) is 8.23. The van der Waals surface area contributed by atoms with Crippen molar-refractivity contribution in [2.24, 2.45) is 17.2 Å². The third-order valence-electron chi connectivity index (χ3n) is 6.40. The molecule has 0 unspecified atom stereocenters. The molecule has 10 nitrogen and oxygen atoms in total. The van der Waals surface area contributed by atoms with Crippen LogP contribution in [0.25, 0.3) is 0 Å². The summed E-state index contributed by atoms with van der Waals surface area (Å²) >= 11 is 1.53. The molecule has 9 N–H and O–H groups in total. The van der Waals surface area contributed by atoms with Gasteiger partial charge in [0.2, 0.25) is 23.6 Å². The van der Waals surface area contributed by atoms with Crippen molar-refractivity contribution in [3.63, 3.8) is 0 Å². The van der Waals surface area contributed by atoms with Crippen molar-refractivity contribution >= 4 is 35.4 Å². The Kier molecular flexibility index (Phi) is 14.8. The van der Waals surface area contributed by atoms with E-state index in [1.165, 1.54) is 11.8 Å². The first-order chi connectivity index (χ1) is 19.2. The third kappa shape index (κ3) is 11.8. The van der Waals surface area contributed by atoms with Crippen molar-refractivity contribution in [3.8, 4) is 0 Å². The zero-order valence-corrected chi connectivity index (χ0v) is 23.8. The van der Waals surface area contributed by atoms with Crippen LogP contribution in [-0.2, 0) is 32.0 Å². The summed E-state index contributed by atoms with van der Waals surface area (Å²) in [6.07, 6.45) is 4.34. The Morgan fingerprint density at radius 1 is 0.725 bits per heavy atom. The molecule has 11 heteroatoms. The minimum atomic E-state index is -0.952. The van der Waals surface area contributed by atoms with Crippen LogP contribution in [-0.4, -0.2) is 66.3 Å². The van der Waals surface area contributed by atoms with Gasteiger partial charge in [-0.05, 0) is 61.8 Å². The second kappa shape index (κ2) is 18.0. The number of nitrogens with one attached hydrogen (secondary N) is 3. The van der Waals surface area contributed by atoms with E-state index in [1.807, 2.05) is 66.9 Å². The van der Waals surface area contributed by atoms with Crippen LogP contribution in [0.5, 0.6) is 0 Å². The molecule has 0 radical (unpaired) electrons. The van der Waals surface area contributed by atoms with E-state index in [4.69, 9.17) is 17.2 Å². The standard InChI is InChI=1S/C29H42N6O4S/c1-40-17-15-24(33-27(37)22(31)18-20-10-4-2-5-11-20)29(39)34-23(14-8-9-16-30)28(38)35-25(26(32)36)19-21-12-6-3-7-13-21/h2-7,10-13,22-25H,8-9,14-19,30-31H2,1H3,(H2,32,36)(H,33,37)(H,34,39)(H,35,38)/t22-,23-,24-,25-/m0/s1. The molecule has 40 heavy (non-hydrogen) atoms. The number of amides is 4. The summed E-state index contributed by atoms with van der Waals surface area (Å²) in [6.45, 7) is 0.436. The van der Waals surface area contributed by atoms with E-state index in [0.717, 1.165) is 11.1 Å². The van der Waals surface area contributed by atoms with Crippen molar-refractivity contribution < 1.29 is 19.2 Å². The molecule has 218 valence electrons. The molecule has 0 saturated heterocycles. The highest BCUT2D eigenvalue weighted by atomic mass is 32.2. The van der Waals surface area contributed by atoms with Crippen LogP contribution < -0.4 is 33.2 Å². The molecular formula is C29H42N6O4S. The van der Waals surface area contributed by atoms with Gasteiger partial charge in [0.25, 0.3) is 0 Å². The lowest BCUT2D eigenvalue weighted by Gasteiger charge is -2.25. The lowest BCUT2D eigenvalue weighted by Crippen LogP contribution is -2.58. The van der Waals surface area contributed by atoms with Gasteiger partial charge in [0.15, 0.2) is 0 Å². The van der Waals surface area contributed by atoms with Gasteiger partial charge in [-0.2, -0.15) is 11.8 Å². The lowest BCUT2D eigenvalue weighted by atomic mass is 10.0. The van der Waals surface area contributed by atoms with Gasteiger partial charge >= 0.3 is 0 Å². The van der Waals surface area contributed by atoms with Gasteiger partial charge in [-0.3, -0.25) is 19.2 Å². The lowest BCUT2D eigenvalue weighted by molar-refractivity contribution is -0.133. The molecule has 0 aliphatic heterocycles. The Morgan fingerprint density at radius 3 is 1.75 bits per heavy atom. The second-order valence-electron chi connectivity index (χ2n) is 9.64. The van der Waals surface area contributed by atoms with E-state index in [1.54, 1.807) is 0 Å². The van der Waals surface area contributed by atoms with Crippen molar-refractivity contribution in [1.82, 2.24) is 16.0 Å². The molecule has 0 saturated carbocycles. The molecular weight excluding hydrogens is 528 g/mol. The second-order valence-corrected chi connectivity index (χ2v) is 10.6. The van der Waals surface area contributed by atoms with Crippen LogP contribution in [0, 0.1) is 0 Å². The maximum absolute atomic E-state index is 13.4. The number of hydrogen-bond donors (Lipinski definition) is 6. The fraction of sp³-hybridized carbons (Fsp3) is 0.448. The van der Waals surface area contributed by atoms with Gasteiger partial charge in [-0.1, -0.05) is 60.7 Å². The average molecular weight is 571 g/mol. The molecule has 0 aliphatic carbocycles. The quantitative estimate of drug-likeness (QED) is 0.142. The van der Waals surface area contributed by atoms with Crippen LogP contribution in [0.3, 0.4) is 0 Å².